The van der Waals surface area contributed by atoms with Crippen molar-refractivity contribution in [3.05, 3.63) is 29.7 Å². The molecule has 1 amide bonds. The molecule has 2 aromatic rings. The molecule has 1 heterocycles. The maximum Gasteiger partial charge on any atom is 0.233 e. The van der Waals surface area contributed by atoms with Gasteiger partial charge in [-0.2, -0.15) is 0 Å². The highest BCUT2D eigenvalue weighted by Crippen LogP contribution is 2.16. The molecule has 17 heavy (non-hydrogen) atoms. The molecule has 5 nitrogen and oxygen atoms in total. The van der Waals surface area contributed by atoms with Crippen LogP contribution in [0.25, 0.3) is 11.1 Å². The van der Waals surface area contributed by atoms with Crippen molar-refractivity contribution < 1.29 is 9.21 Å². The van der Waals surface area contributed by atoms with E-state index in [1.807, 2.05) is 25.1 Å². The lowest BCUT2D eigenvalue weighted by Crippen LogP contribution is -2.31. The van der Waals surface area contributed by atoms with Crippen LogP contribution in [0.5, 0.6) is 0 Å². The third-order valence-electron chi connectivity index (χ3n) is 2.48. The summed E-state index contributed by atoms with van der Waals surface area (Å²) in [5, 5.41) is 2.72. The van der Waals surface area contributed by atoms with E-state index in [2.05, 4.69) is 10.3 Å². The summed E-state index contributed by atoms with van der Waals surface area (Å²) in [7, 11) is 0. The van der Waals surface area contributed by atoms with E-state index < -0.39 is 0 Å². The molecule has 3 N–H and O–H groups in total. The third-order valence-corrected chi connectivity index (χ3v) is 2.48. The molecule has 1 aromatic heterocycles. The lowest BCUT2D eigenvalue weighted by Gasteiger charge is -2.03. The van der Waals surface area contributed by atoms with Gasteiger partial charge in [-0.1, -0.05) is 6.07 Å². The molecule has 0 radical (unpaired) electrons. The molecule has 0 atom stereocenters. The molecule has 2 rings (SSSR count). The maximum absolute atomic E-state index is 11.0. The van der Waals surface area contributed by atoms with Crippen LogP contribution in [0.1, 0.15) is 11.5 Å². The van der Waals surface area contributed by atoms with E-state index in [-0.39, 0.29) is 12.5 Å². The number of hydrogen-bond donors (Lipinski definition) is 2. The quantitative estimate of drug-likeness (QED) is 0.816. The number of carbonyl (C=O) groups is 1. The van der Waals surface area contributed by atoms with Crippen molar-refractivity contribution in [3.8, 4) is 0 Å². The predicted octanol–water partition coefficient (Wildman–Crippen LogP) is 0.754. The number of hydrogen-bond acceptors (Lipinski definition) is 4. The van der Waals surface area contributed by atoms with Gasteiger partial charge in [0.1, 0.15) is 5.52 Å². The van der Waals surface area contributed by atoms with Crippen LogP contribution in [0.3, 0.4) is 0 Å². The average molecular weight is 233 g/mol. The number of amides is 1. The van der Waals surface area contributed by atoms with Gasteiger partial charge < -0.3 is 15.5 Å². The van der Waals surface area contributed by atoms with Gasteiger partial charge >= 0.3 is 0 Å². The number of nitrogens with one attached hydrogen (secondary N) is 1. The van der Waals surface area contributed by atoms with Gasteiger partial charge in [0.25, 0.3) is 0 Å². The lowest BCUT2D eigenvalue weighted by atomic mass is 10.1. The molecule has 0 aliphatic rings. The van der Waals surface area contributed by atoms with Gasteiger partial charge in [-0.05, 0) is 24.1 Å². The molecule has 0 bridgehead atoms. The van der Waals surface area contributed by atoms with Crippen molar-refractivity contribution >= 4 is 17.0 Å². The Morgan fingerprint density at radius 1 is 1.53 bits per heavy atom. The van der Waals surface area contributed by atoms with E-state index in [9.17, 15) is 4.79 Å². The van der Waals surface area contributed by atoms with Crippen molar-refractivity contribution in [1.82, 2.24) is 10.3 Å². The van der Waals surface area contributed by atoms with Gasteiger partial charge in [0, 0.05) is 13.5 Å². The monoisotopic (exact) mass is 233 g/mol. The summed E-state index contributed by atoms with van der Waals surface area (Å²) in [6.07, 6.45) is 0.751. The molecule has 0 aliphatic carbocycles. The Bertz CT molecular complexity index is 534. The Balaban J connectivity index is 2.01. The topological polar surface area (TPSA) is 81.2 Å². The third kappa shape index (κ3) is 2.82. The number of carbonyl (C=O) groups excluding carboxylic acids is 1. The molecular formula is C12H15N3O2. The van der Waals surface area contributed by atoms with E-state index in [0.717, 1.165) is 23.1 Å². The summed E-state index contributed by atoms with van der Waals surface area (Å²) in [6.45, 7) is 2.43. The zero-order valence-corrected chi connectivity index (χ0v) is 9.69. The normalized spacial score (nSPS) is 10.7. The molecule has 5 heteroatoms. The Hall–Kier alpha value is -1.88. The zero-order valence-electron chi connectivity index (χ0n) is 9.69. The molecule has 0 saturated carbocycles. The van der Waals surface area contributed by atoms with Crippen molar-refractivity contribution in [3.63, 3.8) is 0 Å². The highest BCUT2D eigenvalue weighted by atomic mass is 16.3. The Kier molecular flexibility index (Phi) is 3.39. The van der Waals surface area contributed by atoms with Gasteiger partial charge in [-0.15, -0.1) is 0 Å². The SMILES string of the molecule is Cc1nc2ccc(CCNC(=O)CN)cc2o1. The van der Waals surface area contributed by atoms with Gasteiger partial charge in [-0.25, -0.2) is 4.98 Å². The first-order valence-electron chi connectivity index (χ1n) is 5.52. The zero-order chi connectivity index (χ0) is 12.3. The van der Waals surface area contributed by atoms with Crippen LogP contribution < -0.4 is 11.1 Å². The molecule has 0 fully saturated rings. The van der Waals surface area contributed by atoms with Crippen LogP contribution in [0.4, 0.5) is 0 Å². The number of oxazole rings is 1. The maximum atomic E-state index is 11.0. The molecule has 90 valence electrons. The molecule has 0 saturated heterocycles. The van der Waals surface area contributed by atoms with E-state index in [1.165, 1.54) is 0 Å². The van der Waals surface area contributed by atoms with E-state index in [1.54, 1.807) is 0 Å². The second kappa shape index (κ2) is 4.97. The number of aryl methyl sites for hydroxylation is 1. The molecule has 0 spiro atoms. The number of rotatable bonds is 4. The van der Waals surface area contributed by atoms with Crippen LogP contribution >= 0.6 is 0 Å². The van der Waals surface area contributed by atoms with E-state index in [4.69, 9.17) is 10.2 Å². The van der Waals surface area contributed by atoms with Gasteiger partial charge in [0.15, 0.2) is 11.5 Å². The summed E-state index contributed by atoms with van der Waals surface area (Å²) < 4.78 is 5.44. The van der Waals surface area contributed by atoms with Crippen molar-refractivity contribution in [2.45, 2.75) is 13.3 Å². The first kappa shape index (κ1) is 11.6. The van der Waals surface area contributed by atoms with Gasteiger partial charge in [0.05, 0.1) is 6.54 Å². The fourth-order valence-electron chi connectivity index (χ4n) is 1.66. The number of fused-ring (bicyclic) bond motifs is 1. The Labute approximate surface area is 99.0 Å². The molecular weight excluding hydrogens is 218 g/mol. The highest BCUT2D eigenvalue weighted by molar-refractivity contribution is 5.77. The first-order chi connectivity index (χ1) is 8.19. The van der Waals surface area contributed by atoms with Crippen LogP contribution in [0.15, 0.2) is 22.6 Å². The van der Waals surface area contributed by atoms with E-state index in [0.29, 0.717) is 12.4 Å². The summed E-state index contributed by atoms with van der Waals surface area (Å²) in [5.41, 5.74) is 7.94. The van der Waals surface area contributed by atoms with Crippen LogP contribution in [-0.4, -0.2) is 24.0 Å². The van der Waals surface area contributed by atoms with Crippen molar-refractivity contribution in [1.29, 1.82) is 0 Å². The Morgan fingerprint density at radius 3 is 3.12 bits per heavy atom. The second-order valence-corrected chi connectivity index (χ2v) is 3.84. The predicted molar refractivity (Wildman–Crippen MR) is 64.5 cm³/mol. The summed E-state index contributed by atoms with van der Waals surface area (Å²) in [4.78, 5) is 15.2. The number of benzene rings is 1. The van der Waals surface area contributed by atoms with Crippen molar-refractivity contribution in [2.24, 2.45) is 5.73 Å². The summed E-state index contributed by atoms with van der Waals surface area (Å²) in [5.74, 6) is 0.523. The van der Waals surface area contributed by atoms with E-state index >= 15 is 0 Å². The molecule has 0 unspecified atom stereocenters. The summed E-state index contributed by atoms with van der Waals surface area (Å²) >= 11 is 0. The highest BCUT2D eigenvalue weighted by Gasteiger charge is 2.03. The Morgan fingerprint density at radius 2 is 2.35 bits per heavy atom. The van der Waals surface area contributed by atoms with Crippen LogP contribution in [-0.2, 0) is 11.2 Å². The standard InChI is InChI=1S/C12H15N3O2/c1-8-15-10-3-2-9(6-11(10)17-8)4-5-14-12(16)7-13/h2-3,6H,4-5,7,13H2,1H3,(H,14,16). The number of nitrogens with zero attached hydrogens (tertiary/aromatic N) is 1. The fourth-order valence-corrected chi connectivity index (χ4v) is 1.66. The summed E-state index contributed by atoms with van der Waals surface area (Å²) in [6, 6.07) is 5.86. The van der Waals surface area contributed by atoms with Crippen molar-refractivity contribution in [2.75, 3.05) is 13.1 Å². The van der Waals surface area contributed by atoms with Crippen LogP contribution in [0, 0.1) is 6.92 Å². The minimum Gasteiger partial charge on any atom is -0.441 e. The van der Waals surface area contributed by atoms with Gasteiger partial charge in [-0.3, -0.25) is 4.79 Å². The molecule has 0 aliphatic heterocycles. The lowest BCUT2D eigenvalue weighted by molar-refractivity contribution is -0.119. The average Bonchev–Trinajstić information content (AvgIpc) is 2.68. The second-order valence-electron chi connectivity index (χ2n) is 3.84. The van der Waals surface area contributed by atoms with Crippen LogP contribution in [0.2, 0.25) is 0 Å². The number of nitrogens with two attached hydrogens (primary N) is 1. The smallest absolute Gasteiger partial charge is 0.233 e. The minimum absolute atomic E-state index is 0.0281. The molecule has 1 aromatic carbocycles. The van der Waals surface area contributed by atoms with Gasteiger partial charge in [0.2, 0.25) is 5.91 Å². The minimum atomic E-state index is -0.137. The largest absolute Gasteiger partial charge is 0.441 e. The fraction of sp³-hybridized carbons (Fsp3) is 0.333. The number of aromatic nitrogens is 1. The first-order valence-corrected chi connectivity index (χ1v) is 5.52.